The molecular weight excluding hydrogens is 638 g/mol. The third kappa shape index (κ3) is 4.21. The maximum absolute atomic E-state index is 13.8. The Hall–Kier alpha value is -2.65. The maximum atomic E-state index is 13.8. The fraction of sp³-hybridized carbons (Fsp3) is 0.750. The SMILES string of the molecule is CCN1C[C@]2(COC)[C@H](OC(C)=O)C[C@H](OC)C34C1[C@@H]([C@H](OC)[C@@H]32)[C@]1(OC(C)=O)[C@@H]2[C@H]4C[C@@](O)([C@@H]2OC(=O)c2ccccc2)[C@@H](OC)[C@@H]1O. The second kappa shape index (κ2) is 12.0. The number of methoxy groups -OCH3 is 4. The highest BCUT2D eigenvalue weighted by molar-refractivity contribution is 5.89. The molecule has 7 rings (SSSR count). The molecule has 6 fully saturated rings. The average molecular weight is 688 g/mol. The number of hydrogen-bond donors (Lipinski definition) is 2. The lowest BCUT2D eigenvalue weighted by Crippen LogP contribution is -2.81. The number of rotatable bonds is 10. The maximum Gasteiger partial charge on any atom is 0.338 e. The van der Waals surface area contributed by atoms with Crippen LogP contribution in [-0.4, -0.2) is 135 Å². The molecule has 5 saturated carbocycles. The molecule has 1 spiro atoms. The van der Waals surface area contributed by atoms with Gasteiger partial charge < -0.3 is 43.4 Å². The fourth-order valence-electron chi connectivity index (χ4n) is 12.7. The van der Waals surface area contributed by atoms with Crippen LogP contribution >= 0.6 is 0 Å². The standard InChI is InChI=1S/C36H49NO12/c1-8-37-16-33(17-43-4)22(47-18(2)38)14-23(44-5)35-21-15-34(42)30(48-32(41)20-12-10-9-11-13-20)24(21)36(49-19(3)39,29(40)31(34)46-7)25(28(35)37)26(45-6)27(33)35/h9-13,21-31,40,42H,8,14-17H2,1-7H3/t21-,22-,23+,24-,25-,26+,27-,28?,29+,30-,31+,33+,34-,35?,36-/m1/s1. The molecule has 2 N–H and O–H groups in total. The van der Waals surface area contributed by atoms with Crippen LogP contribution in [0.2, 0.25) is 0 Å². The Kier molecular flexibility index (Phi) is 8.49. The van der Waals surface area contributed by atoms with E-state index in [4.69, 9.17) is 33.2 Å². The number of nitrogens with zero attached hydrogens (tertiary/aromatic N) is 1. The van der Waals surface area contributed by atoms with E-state index in [0.717, 1.165) is 0 Å². The van der Waals surface area contributed by atoms with Gasteiger partial charge in [0.05, 0.1) is 24.4 Å². The van der Waals surface area contributed by atoms with Crippen molar-refractivity contribution in [2.45, 2.75) is 87.5 Å². The van der Waals surface area contributed by atoms with Gasteiger partial charge in [-0.1, -0.05) is 25.1 Å². The van der Waals surface area contributed by atoms with Crippen molar-refractivity contribution in [3.63, 3.8) is 0 Å². The predicted molar refractivity (Wildman–Crippen MR) is 170 cm³/mol. The first-order valence-electron chi connectivity index (χ1n) is 17.2. The van der Waals surface area contributed by atoms with Gasteiger partial charge in [0, 0.05) is 89.9 Å². The molecule has 1 aromatic rings. The Morgan fingerprint density at radius 1 is 0.918 bits per heavy atom. The van der Waals surface area contributed by atoms with E-state index in [9.17, 15) is 24.6 Å². The first-order chi connectivity index (χ1) is 23.4. The van der Waals surface area contributed by atoms with Crippen LogP contribution in [0.15, 0.2) is 30.3 Å². The number of fused-ring (bicyclic) bond motifs is 2. The van der Waals surface area contributed by atoms with Crippen molar-refractivity contribution in [3.8, 4) is 0 Å². The molecule has 6 aliphatic rings. The van der Waals surface area contributed by atoms with Crippen molar-refractivity contribution < 1.29 is 57.8 Å². The van der Waals surface area contributed by atoms with E-state index in [1.165, 1.54) is 21.0 Å². The molecule has 270 valence electrons. The predicted octanol–water partition coefficient (Wildman–Crippen LogP) is 1.22. The first kappa shape index (κ1) is 34.8. The smallest absolute Gasteiger partial charge is 0.338 e. The molecule has 49 heavy (non-hydrogen) atoms. The lowest BCUT2D eigenvalue weighted by molar-refractivity contribution is -0.322. The van der Waals surface area contributed by atoms with Crippen molar-refractivity contribution in [2.75, 3.05) is 48.1 Å². The summed E-state index contributed by atoms with van der Waals surface area (Å²) in [5.74, 6) is -4.24. The number of likely N-dealkylation sites (tertiary alicyclic amines) is 1. The molecule has 13 nitrogen and oxygen atoms in total. The highest BCUT2D eigenvalue weighted by Gasteiger charge is 2.92. The summed E-state index contributed by atoms with van der Waals surface area (Å²) in [4.78, 5) is 42.2. The van der Waals surface area contributed by atoms with Crippen LogP contribution in [-0.2, 0) is 42.7 Å². The minimum absolute atomic E-state index is 0.0534. The highest BCUT2D eigenvalue weighted by atomic mass is 16.6. The third-order valence-corrected chi connectivity index (χ3v) is 13.4. The van der Waals surface area contributed by atoms with Gasteiger partial charge in [-0.25, -0.2) is 4.79 Å². The molecule has 7 bridgehead atoms. The normalized spacial score (nSPS) is 47.4. The molecule has 15 atom stereocenters. The summed E-state index contributed by atoms with van der Waals surface area (Å²) in [6.45, 7) is 5.99. The summed E-state index contributed by atoms with van der Waals surface area (Å²) in [5.41, 5.74) is -4.92. The van der Waals surface area contributed by atoms with Crippen molar-refractivity contribution in [1.29, 1.82) is 0 Å². The van der Waals surface area contributed by atoms with Gasteiger partial charge in [0.15, 0.2) is 5.60 Å². The molecule has 5 aliphatic carbocycles. The van der Waals surface area contributed by atoms with Crippen molar-refractivity contribution in [2.24, 2.45) is 34.5 Å². The summed E-state index contributed by atoms with van der Waals surface area (Å²) in [5, 5.41) is 25.5. The monoisotopic (exact) mass is 687 g/mol. The number of hydrogen-bond acceptors (Lipinski definition) is 13. The van der Waals surface area contributed by atoms with Gasteiger partial charge in [-0.05, 0) is 31.0 Å². The Morgan fingerprint density at radius 2 is 1.63 bits per heavy atom. The van der Waals surface area contributed by atoms with Crippen LogP contribution in [0.25, 0.3) is 0 Å². The number of aliphatic hydroxyl groups excluding tert-OH is 1. The van der Waals surface area contributed by atoms with Crippen LogP contribution < -0.4 is 0 Å². The second-order valence-corrected chi connectivity index (χ2v) is 15.0. The molecule has 1 heterocycles. The summed E-state index contributed by atoms with van der Waals surface area (Å²) in [6, 6.07) is 8.12. The lowest BCUT2D eigenvalue weighted by Gasteiger charge is -2.70. The van der Waals surface area contributed by atoms with Crippen LogP contribution in [0, 0.1) is 34.5 Å². The van der Waals surface area contributed by atoms with Gasteiger partial charge in [0.1, 0.15) is 30.0 Å². The van der Waals surface area contributed by atoms with Gasteiger partial charge in [-0.3, -0.25) is 14.5 Å². The van der Waals surface area contributed by atoms with E-state index in [0.29, 0.717) is 19.5 Å². The van der Waals surface area contributed by atoms with Gasteiger partial charge in [0.2, 0.25) is 0 Å². The minimum atomic E-state index is -1.86. The van der Waals surface area contributed by atoms with Gasteiger partial charge >= 0.3 is 17.9 Å². The number of ether oxygens (including phenoxy) is 7. The number of benzene rings is 1. The number of esters is 3. The van der Waals surface area contributed by atoms with Crippen LogP contribution in [0.5, 0.6) is 0 Å². The van der Waals surface area contributed by atoms with Gasteiger partial charge in [-0.2, -0.15) is 0 Å². The molecule has 13 heteroatoms. The van der Waals surface area contributed by atoms with E-state index in [1.54, 1.807) is 51.7 Å². The summed E-state index contributed by atoms with van der Waals surface area (Å²) < 4.78 is 43.9. The molecule has 0 radical (unpaired) electrons. The highest BCUT2D eigenvalue weighted by Crippen LogP contribution is 2.80. The Morgan fingerprint density at radius 3 is 2.20 bits per heavy atom. The van der Waals surface area contributed by atoms with Crippen molar-refractivity contribution >= 4 is 17.9 Å². The molecule has 1 aliphatic heterocycles. The van der Waals surface area contributed by atoms with Gasteiger partial charge in [-0.15, -0.1) is 0 Å². The van der Waals surface area contributed by atoms with Crippen molar-refractivity contribution in [1.82, 2.24) is 4.90 Å². The molecule has 1 saturated heterocycles. The topological polar surface area (TPSA) is 160 Å². The zero-order valence-electron chi connectivity index (χ0n) is 29.2. The number of carbonyl (C=O) groups excluding carboxylic acids is 3. The lowest BCUT2D eigenvalue weighted by atomic mass is 9.42. The summed E-state index contributed by atoms with van der Waals surface area (Å²) in [6.07, 6.45) is -5.45. The fourth-order valence-corrected chi connectivity index (χ4v) is 12.7. The molecule has 0 amide bonds. The zero-order valence-corrected chi connectivity index (χ0v) is 29.2. The first-order valence-corrected chi connectivity index (χ1v) is 17.2. The summed E-state index contributed by atoms with van der Waals surface area (Å²) >= 11 is 0. The minimum Gasteiger partial charge on any atom is -0.462 e. The Bertz CT molecular complexity index is 1480. The molecule has 1 aromatic carbocycles. The molecular formula is C36H49NO12. The van der Waals surface area contributed by atoms with E-state index in [-0.39, 0.29) is 24.6 Å². The van der Waals surface area contributed by atoms with Gasteiger partial charge in [0.25, 0.3) is 0 Å². The van der Waals surface area contributed by atoms with E-state index in [2.05, 4.69) is 4.90 Å². The zero-order chi connectivity index (χ0) is 35.3. The number of piperidine rings is 1. The van der Waals surface area contributed by atoms with Crippen molar-refractivity contribution in [3.05, 3.63) is 35.9 Å². The van der Waals surface area contributed by atoms with Crippen LogP contribution in [0.1, 0.15) is 44.0 Å². The quantitative estimate of drug-likeness (QED) is 0.267. The number of carbonyl (C=O) groups is 3. The molecule has 0 aromatic heterocycles. The van der Waals surface area contributed by atoms with E-state index in [1.807, 2.05) is 6.92 Å². The third-order valence-electron chi connectivity index (χ3n) is 13.4. The number of aliphatic hydroxyl groups is 2. The average Bonchev–Trinajstić information content (AvgIpc) is 3.44. The Labute approximate surface area is 286 Å². The Balaban J connectivity index is 1.53. The second-order valence-electron chi connectivity index (χ2n) is 15.0. The molecule has 2 unspecified atom stereocenters. The van der Waals surface area contributed by atoms with Crippen LogP contribution in [0.3, 0.4) is 0 Å². The van der Waals surface area contributed by atoms with E-state index >= 15 is 0 Å². The largest absolute Gasteiger partial charge is 0.462 e. The van der Waals surface area contributed by atoms with E-state index < -0.39 is 100 Å². The van der Waals surface area contributed by atoms with Crippen LogP contribution in [0.4, 0.5) is 0 Å². The summed E-state index contributed by atoms with van der Waals surface area (Å²) in [7, 11) is 6.25.